The van der Waals surface area contributed by atoms with Gasteiger partial charge in [0.1, 0.15) is 18.2 Å². The van der Waals surface area contributed by atoms with Crippen LogP contribution in [0.3, 0.4) is 0 Å². The van der Waals surface area contributed by atoms with Gasteiger partial charge in [-0.3, -0.25) is 4.90 Å². The SMILES string of the molecule is O=C(O)c1ccc2nc(CN3CCC(c4cccc(OCc5ccc(Cl)cc5F)n4)CC3)n(CC3CCO3)c2c1. The van der Waals surface area contributed by atoms with Gasteiger partial charge < -0.3 is 19.1 Å². The van der Waals surface area contributed by atoms with Gasteiger partial charge in [0.2, 0.25) is 5.88 Å². The highest BCUT2D eigenvalue weighted by molar-refractivity contribution is 6.30. The van der Waals surface area contributed by atoms with Gasteiger partial charge in [0.25, 0.3) is 0 Å². The number of hydrogen-bond donors (Lipinski definition) is 1. The molecule has 2 fully saturated rings. The zero-order chi connectivity index (χ0) is 27.6. The van der Waals surface area contributed by atoms with Gasteiger partial charge in [0.15, 0.2) is 0 Å². The summed E-state index contributed by atoms with van der Waals surface area (Å²) in [5, 5.41) is 9.84. The number of carbonyl (C=O) groups is 1. The highest BCUT2D eigenvalue weighted by atomic mass is 35.5. The fraction of sp³-hybridized carbons (Fsp3) is 0.367. The third kappa shape index (κ3) is 5.82. The Balaban J connectivity index is 1.11. The number of pyridine rings is 1. The second-order valence-corrected chi connectivity index (χ2v) is 10.8. The topological polar surface area (TPSA) is 89.7 Å². The van der Waals surface area contributed by atoms with E-state index in [0.717, 1.165) is 61.5 Å². The van der Waals surface area contributed by atoms with Gasteiger partial charge in [-0.05, 0) is 68.8 Å². The minimum atomic E-state index is -0.946. The number of ether oxygens (including phenoxy) is 2. The number of fused-ring (bicyclic) bond motifs is 1. The van der Waals surface area contributed by atoms with Crippen LogP contribution in [0, 0.1) is 5.82 Å². The maximum Gasteiger partial charge on any atom is 0.335 e. The number of aromatic nitrogens is 3. The number of rotatable bonds is 9. The van der Waals surface area contributed by atoms with Crippen LogP contribution in [0.4, 0.5) is 4.39 Å². The number of piperidine rings is 1. The van der Waals surface area contributed by atoms with E-state index in [1.54, 1.807) is 36.4 Å². The normalized spacial score (nSPS) is 18.1. The van der Waals surface area contributed by atoms with E-state index in [-0.39, 0.29) is 18.3 Å². The number of benzene rings is 2. The van der Waals surface area contributed by atoms with E-state index in [2.05, 4.69) is 9.47 Å². The van der Waals surface area contributed by atoms with Crippen molar-refractivity contribution in [2.45, 2.75) is 51.0 Å². The summed E-state index contributed by atoms with van der Waals surface area (Å²) >= 11 is 5.84. The number of aromatic carboxylic acids is 1. The monoisotopic (exact) mass is 564 g/mol. The predicted molar refractivity (Wildman–Crippen MR) is 148 cm³/mol. The molecule has 40 heavy (non-hydrogen) atoms. The van der Waals surface area contributed by atoms with Crippen LogP contribution in [0.25, 0.3) is 11.0 Å². The maximum absolute atomic E-state index is 14.1. The molecule has 0 bridgehead atoms. The van der Waals surface area contributed by atoms with Crippen molar-refractivity contribution in [2.75, 3.05) is 19.7 Å². The Morgan fingerprint density at radius 2 is 1.93 bits per heavy atom. The fourth-order valence-corrected chi connectivity index (χ4v) is 5.54. The van der Waals surface area contributed by atoms with Crippen LogP contribution in [0.2, 0.25) is 5.02 Å². The number of halogens is 2. The molecular weight excluding hydrogens is 535 g/mol. The van der Waals surface area contributed by atoms with Gasteiger partial charge in [-0.2, -0.15) is 0 Å². The summed E-state index contributed by atoms with van der Waals surface area (Å²) in [5.74, 6) is 0.356. The average Bonchev–Trinajstić information content (AvgIpc) is 3.26. The number of likely N-dealkylation sites (tertiary alicyclic amines) is 1. The first kappa shape index (κ1) is 26.7. The molecule has 4 aromatic rings. The molecule has 2 saturated heterocycles. The van der Waals surface area contributed by atoms with Gasteiger partial charge in [-0.25, -0.2) is 19.2 Å². The van der Waals surface area contributed by atoms with Gasteiger partial charge >= 0.3 is 5.97 Å². The van der Waals surface area contributed by atoms with Crippen molar-refractivity contribution >= 4 is 28.6 Å². The van der Waals surface area contributed by atoms with Crippen molar-refractivity contribution in [3.8, 4) is 5.88 Å². The lowest BCUT2D eigenvalue weighted by Gasteiger charge is -2.32. The van der Waals surface area contributed by atoms with E-state index in [9.17, 15) is 14.3 Å². The van der Waals surface area contributed by atoms with Gasteiger partial charge in [0.05, 0.1) is 35.8 Å². The lowest BCUT2D eigenvalue weighted by atomic mass is 9.93. The summed E-state index contributed by atoms with van der Waals surface area (Å²) in [5.41, 5.74) is 3.30. The van der Waals surface area contributed by atoms with Gasteiger partial charge in [0, 0.05) is 34.9 Å². The summed E-state index contributed by atoms with van der Waals surface area (Å²) in [6.45, 7) is 3.97. The third-order valence-electron chi connectivity index (χ3n) is 7.76. The molecule has 1 N–H and O–H groups in total. The second kappa shape index (κ2) is 11.5. The van der Waals surface area contributed by atoms with Crippen molar-refractivity contribution in [1.29, 1.82) is 0 Å². The fourth-order valence-electron chi connectivity index (χ4n) is 5.38. The molecule has 4 heterocycles. The van der Waals surface area contributed by atoms with Crippen molar-refractivity contribution in [3.05, 3.63) is 88.1 Å². The average molecular weight is 565 g/mol. The molecule has 0 spiro atoms. The van der Waals surface area contributed by atoms with Crippen LogP contribution < -0.4 is 4.74 Å². The molecule has 0 aliphatic carbocycles. The van der Waals surface area contributed by atoms with E-state index in [0.29, 0.717) is 35.5 Å². The molecule has 208 valence electrons. The van der Waals surface area contributed by atoms with Crippen LogP contribution in [0.5, 0.6) is 5.88 Å². The minimum absolute atomic E-state index is 0.0821. The number of imidazole rings is 1. The smallest absolute Gasteiger partial charge is 0.335 e. The Morgan fingerprint density at radius 1 is 1.10 bits per heavy atom. The van der Waals surface area contributed by atoms with Crippen molar-refractivity contribution in [1.82, 2.24) is 19.4 Å². The highest BCUT2D eigenvalue weighted by Crippen LogP contribution is 2.30. The second-order valence-electron chi connectivity index (χ2n) is 10.4. The third-order valence-corrected chi connectivity index (χ3v) is 8.00. The van der Waals surface area contributed by atoms with E-state index < -0.39 is 11.8 Å². The Bertz CT molecular complexity index is 1530. The molecule has 6 rings (SSSR count). The van der Waals surface area contributed by atoms with E-state index in [1.807, 2.05) is 12.1 Å². The van der Waals surface area contributed by atoms with Crippen LogP contribution in [0.15, 0.2) is 54.6 Å². The molecule has 0 radical (unpaired) electrons. The molecule has 0 amide bonds. The maximum atomic E-state index is 14.1. The minimum Gasteiger partial charge on any atom is -0.478 e. The first-order chi connectivity index (χ1) is 19.4. The zero-order valence-electron chi connectivity index (χ0n) is 21.9. The predicted octanol–water partition coefficient (Wildman–Crippen LogP) is 5.67. The molecule has 2 aromatic carbocycles. The number of carboxylic acids is 1. The largest absolute Gasteiger partial charge is 0.478 e. The van der Waals surface area contributed by atoms with E-state index >= 15 is 0 Å². The Labute approximate surface area is 236 Å². The first-order valence-electron chi connectivity index (χ1n) is 13.5. The molecule has 1 atom stereocenters. The molecule has 2 aliphatic heterocycles. The first-order valence-corrected chi connectivity index (χ1v) is 13.9. The molecular formula is C30H30ClFN4O4. The summed E-state index contributed by atoms with van der Waals surface area (Å²) in [6, 6.07) is 15.4. The van der Waals surface area contributed by atoms with Gasteiger partial charge in [-0.1, -0.05) is 23.7 Å². The van der Waals surface area contributed by atoms with Crippen molar-refractivity contribution in [3.63, 3.8) is 0 Å². The summed E-state index contributed by atoms with van der Waals surface area (Å²) in [4.78, 5) is 23.5. The number of carboxylic acid groups (broad SMARTS) is 1. The standard InChI is InChI=1S/C30H30ClFN4O4/c31-22-6-4-21(24(32)15-22)18-40-29-3-1-2-25(34-29)19-8-11-35(12-9-19)17-28-33-26-7-5-20(30(37)38)14-27(26)36(28)16-23-10-13-39-23/h1-7,14-15,19,23H,8-13,16-18H2,(H,37,38). The van der Waals surface area contributed by atoms with Crippen LogP contribution in [-0.4, -0.2) is 56.3 Å². The van der Waals surface area contributed by atoms with Crippen LogP contribution in [0.1, 0.15) is 52.6 Å². The number of hydrogen-bond acceptors (Lipinski definition) is 6. The molecule has 0 saturated carbocycles. The molecule has 2 aliphatic rings. The van der Waals surface area contributed by atoms with Crippen molar-refractivity contribution in [2.24, 2.45) is 0 Å². The van der Waals surface area contributed by atoms with E-state index in [4.69, 9.17) is 31.0 Å². The van der Waals surface area contributed by atoms with E-state index in [1.165, 1.54) is 6.07 Å². The van der Waals surface area contributed by atoms with Crippen LogP contribution in [-0.2, 0) is 24.4 Å². The summed E-state index contributed by atoms with van der Waals surface area (Å²) in [6.07, 6.45) is 3.01. The summed E-state index contributed by atoms with van der Waals surface area (Å²) < 4.78 is 27.7. The van der Waals surface area contributed by atoms with Gasteiger partial charge in [-0.15, -0.1) is 0 Å². The quantitative estimate of drug-likeness (QED) is 0.280. The Hall–Kier alpha value is -3.53. The Morgan fingerprint density at radius 3 is 2.65 bits per heavy atom. The lowest BCUT2D eigenvalue weighted by Crippen LogP contribution is -2.35. The molecule has 2 aromatic heterocycles. The molecule has 1 unspecified atom stereocenters. The van der Waals surface area contributed by atoms with Crippen molar-refractivity contribution < 1.29 is 23.8 Å². The molecule has 10 heteroatoms. The summed E-state index contributed by atoms with van der Waals surface area (Å²) in [7, 11) is 0. The van der Waals surface area contributed by atoms with Crippen LogP contribution >= 0.6 is 11.6 Å². The zero-order valence-corrected chi connectivity index (χ0v) is 22.7. The lowest BCUT2D eigenvalue weighted by molar-refractivity contribution is -0.0592. The highest BCUT2D eigenvalue weighted by Gasteiger charge is 2.26. The molecule has 8 nitrogen and oxygen atoms in total. The Kier molecular flexibility index (Phi) is 7.69. The number of nitrogens with zero attached hydrogens (tertiary/aromatic N) is 4.